The molecule has 0 saturated carbocycles. The first-order chi connectivity index (χ1) is 13.4. The Labute approximate surface area is 179 Å². The average Bonchev–Trinajstić information content (AvgIpc) is 3.28. The average molecular weight is 430 g/mol. The summed E-state index contributed by atoms with van der Waals surface area (Å²) < 4.78 is 2.94. The molecule has 4 rings (SSSR count). The second-order valence-corrected chi connectivity index (χ2v) is 10.3. The van der Waals surface area contributed by atoms with Gasteiger partial charge in [0.15, 0.2) is 0 Å². The number of aromatic carboxylic acids is 1. The molecule has 146 valence electrons. The number of nitrogens with one attached hydrogen (secondary N) is 1. The highest BCUT2D eigenvalue weighted by molar-refractivity contribution is 7.78. The first-order valence-electron chi connectivity index (χ1n) is 9.30. The van der Waals surface area contributed by atoms with Gasteiger partial charge in [0.1, 0.15) is 0 Å². The van der Waals surface area contributed by atoms with Crippen LogP contribution >= 0.6 is 35.5 Å². The number of aryl methyl sites for hydroxylation is 1. The molecule has 0 spiro atoms. The predicted octanol–water partition coefficient (Wildman–Crippen LogP) is 6.29. The number of benzene rings is 1. The van der Waals surface area contributed by atoms with Crippen molar-refractivity contribution in [3.8, 4) is 21.6 Å². The summed E-state index contributed by atoms with van der Waals surface area (Å²) in [4.78, 5) is 14.4. The molecule has 6 heteroatoms. The Morgan fingerprint density at radius 2 is 2.11 bits per heavy atom. The smallest absolute Gasteiger partial charge is 0.337 e. The summed E-state index contributed by atoms with van der Waals surface area (Å²) in [6.07, 6.45) is 2.88. The van der Waals surface area contributed by atoms with Crippen molar-refractivity contribution >= 4 is 41.5 Å². The van der Waals surface area contributed by atoms with E-state index in [1.165, 1.54) is 10.4 Å². The van der Waals surface area contributed by atoms with Gasteiger partial charge in [0.2, 0.25) is 0 Å². The molecule has 0 bridgehead atoms. The SMILES string of the molecule is CC1(C)CCc2sc(-c3ccc(-c4ccsc4)cc3CNS)c(C(=O)O)c2C1. The number of hydrogen-bond donors (Lipinski definition) is 3. The minimum Gasteiger partial charge on any atom is -0.478 e. The summed E-state index contributed by atoms with van der Waals surface area (Å²) in [6.45, 7) is 5.03. The molecule has 0 aliphatic heterocycles. The predicted molar refractivity (Wildman–Crippen MR) is 122 cm³/mol. The van der Waals surface area contributed by atoms with Crippen molar-refractivity contribution in [3.05, 3.63) is 56.6 Å². The molecule has 28 heavy (non-hydrogen) atoms. The first-order valence-corrected chi connectivity index (χ1v) is 11.5. The summed E-state index contributed by atoms with van der Waals surface area (Å²) >= 11 is 7.53. The van der Waals surface area contributed by atoms with E-state index in [1.807, 2.05) is 0 Å². The van der Waals surface area contributed by atoms with Gasteiger partial charge in [-0.25, -0.2) is 4.79 Å². The topological polar surface area (TPSA) is 49.3 Å². The lowest BCUT2D eigenvalue weighted by atomic mass is 9.76. The highest BCUT2D eigenvalue weighted by Crippen LogP contribution is 2.46. The molecule has 0 saturated heterocycles. The Balaban J connectivity index is 1.87. The van der Waals surface area contributed by atoms with Gasteiger partial charge >= 0.3 is 5.97 Å². The molecule has 1 aliphatic rings. The van der Waals surface area contributed by atoms with Gasteiger partial charge in [-0.05, 0) is 75.4 Å². The third-order valence-corrected chi connectivity index (χ3v) is 7.63. The maximum Gasteiger partial charge on any atom is 0.337 e. The van der Waals surface area contributed by atoms with Gasteiger partial charge in [0.25, 0.3) is 0 Å². The van der Waals surface area contributed by atoms with E-state index in [9.17, 15) is 9.90 Å². The van der Waals surface area contributed by atoms with E-state index in [0.29, 0.717) is 12.1 Å². The number of carboxylic acid groups (broad SMARTS) is 1. The summed E-state index contributed by atoms with van der Waals surface area (Å²) in [7, 11) is 0. The van der Waals surface area contributed by atoms with Gasteiger partial charge in [0, 0.05) is 16.3 Å². The van der Waals surface area contributed by atoms with Crippen LogP contribution in [0, 0.1) is 5.41 Å². The fourth-order valence-electron chi connectivity index (χ4n) is 3.99. The van der Waals surface area contributed by atoms with E-state index < -0.39 is 5.97 Å². The monoisotopic (exact) mass is 429 g/mol. The van der Waals surface area contributed by atoms with Gasteiger partial charge in [-0.3, -0.25) is 4.72 Å². The minimum atomic E-state index is -0.822. The molecule has 1 aliphatic carbocycles. The largest absolute Gasteiger partial charge is 0.478 e. The van der Waals surface area contributed by atoms with Crippen LogP contribution in [0.3, 0.4) is 0 Å². The minimum absolute atomic E-state index is 0.147. The Morgan fingerprint density at radius 1 is 1.29 bits per heavy atom. The maximum atomic E-state index is 12.2. The van der Waals surface area contributed by atoms with E-state index in [1.54, 1.807) is 22.7 Å². The summed E-state index contributed by atoms with van der Waals surface area (Å²) in [5.74, 6) is -0.822. The van der Waals surface area contributed by atoms with Gasteiger partial charge in [0.05, 0.1) is 5.56 Å². The van der Waals surface area contributed by atoms with Crippen molar-refractivity contribution in [3.63, 3.8) is 0 Å². The zero-order valence-electron chi connectivity index (χ0n) is 15.9. The lowest BCUT2D eigenvalue weighted by Gasteiger charge is -2.29. The molecule has 0 radical (unpaired) electrons. The van der Waals surface area contributed by atoms with E-state index in [4.69, 9.17) is 0 Å². The Morgan fingerprint density at radius 3 is 2.79 bits per heavy atom. The number of thiol groups is 1. The van der Waals surface area contributed by atoms with Crippen LogP contribution in [0.2, 0.25) is 0 Å². The van der Waals surface area contributed by atoms with Crippen molar-refractivity contribution in [2.24, 2.45) is 5.41 Å². The van der Waals surface area contributed by atoms with Crippen LogP contribution in [-0.4, -0.2) is 11.1 Å². The lowest BCUT2D eigenvalue weighted by Crippen LogP contribution is -2.22. The quantitative estimate of drug-likeness (QED) is 0.418. The van der Waals surface area contributed by atoms with E-state index >= 15 is 0 Å². The fraction of sp³-hybridized carbons (Fsp3) is 0.318. The van der Waals surface area contributed by atoms with Crippen LogP contribution in [0.15, 0.2) is 35.0 Å². The standard InChI is InChI=1S/C22H23NO2S3/c1-22(2)7-5-18-17(10-22)19(21(24)25)20(28-18)16-4-3-13(9-15(16)11-23-26)14-6-8-27-12-14/h3-4,6,8-9,12,23,26H,5,7,10-11H2,1-2H3,(H,24,25). The van der Waals surface area contributed by atoms with Crippen LogP contribution < -0.4 is 4.72 Å². The number of rotatable bonds is 5. The van der Waals surface area contributed by atoms with Crippen molar-refractivity contribution < 1.29 is 9.90 Å². The van der Waals surface area contributed by atoms with E-state index in [-0.39, 0.29) is 5.41 Å². The van der Waals surface area contributed by atoms with Gasteiger partial charge in [-0.1, -0.05) is 38.8 Å². The second kappa shape index (κ2) is 7.67. The zero-order valence-corrected chi connectivity index (χ0v) is 18.4. The van der Waals surface area contributed by atoms with Crippen molar-refractivity contribution in [1.29, 1.82) is 0 Å². The van der Waals surface area contributed by atoms with Crippen molar-refractivity contribution in [2.45, 2.75) is 39.7 Å². The molecule has 2 heterocycles. The zero-order chi connectivity index (χ0) is 19.9. The number of carbonyl (C=O) groups is 1. The normalized spacial score (nSPS) is 15.4. The van der Waals surface area contributed by atoms with Gasteiger partial charge < -0.3 is 5.11 Å². The van der Waals surface area contributed by atoms with E-state index in [2.05, 4.69) is 66.4 Å². The third kappa shape index (κ3) is 3.66. The number of thiophene rings is 2. The summed E-state index contributed by atoms with van der Waals surface area (Å²) in [5, 5.41) is 14.2. The molecular formula is C22H23NO2S3. The summed E-state index contributed by atoms with van der Waals surface area (Å²) in [5.41, 5.74) is 6.07. The van der Waals surface area contributed by atoms with Crippen LogP contribution in [0.1, 0.15) is 46.6 Å². The molecule has 0 atom stereocenters. The van der Waals surface area contributed by atoms with Crippen molar-refractivity contribution in [1.82, 2.24) is 4.72 Å². The molecule has 0 amide bonds. The Bertz CT molecular complexity index is 1020. The highest BCUT2D eigenvalue weighted by Gasteiger charge is 2.33. The molecule has 0 unspecified atom stereocenters. The molecule has 1 aromatic carbocycles. The first kappa shape index (κ1) is 19.7. The van der Waals surface area contributed by atoms with E-state index in [0.717, 1.165) is 46.4 Å². The number of hydrogen-bond acceptors (Lipinski definition) is 5. The Kier molecular flexibility index (Phi) is 5.40. The second-order valence-electron chi connectivity index (χ2n) is 8.07. The highest BCUT2D eigenvalue weighted by atomic mass is 32.1. The molecule has 2 N–H and O–H groups in total. The van der Waals surface area contributed by atoms with Gasteiger partial charge in [-0.2, -0.15) is 11.3 Å². The van der Waals surface area contributed by atoms with Crippen molar-refractivity contribution in [2.75, 3.05) is 0 Å². The number of fused-ring (bicyclic) bond motifs is 1. The molecule has 0 fully saturated rings. The van der Waals surface area contributed by atoms with Gasteiger partial charge in [-0.15, -0.1) is 11.3 Å². The fourth-order valence-corrected chi connectivity index (χ4v) is 6.20. The lowest BCUT2D eigenvalue weighted by molar-refractivity contribution is 0.0696. The van der Waals surface area contributed by atoms with Crippen LogP contribution in [0.5, 0.6) is 0 Å². The molecular weight excluding hydrogens is 406 g/mol. The number of carboxylic acids is 1. The Hall–Kier alpha value is -1.60. The van der Waals surface area contributed by atoms with Crippen LogP contribution in [-0.2, 0) is 19.4 Å². The maximum absolute atomic E-state index is 12.2. The molecule has 2 aromatic heterocycles. The van der Waals surface area contributed by atoms with Crippen LogP contribution in [0.25, 0.3) is 21.6 Å². The summed E-state index contributed by atoms with van der Waals surface area (Å²) in [6, 6.07) is 8.41. The molecule has 3 nitrogen and oxygen atoms in total. The molecule has 3 aromatic rings. The third-order valence-electron chi connectivity index (χ3n) is 5.46. The van der Waals surface area contributed by atoms with Crippen LogP contribution in [0.4, 0.5) is 0 Å².